The summed E-state index contributed by atoms with van der Waals surface area (Å²) < 4.78 is 5.04. The molecule has 1 heterocycles. The monoisotopic (exact) mass is 238 g/mol. The number of nitrogens with one attached hydrogen (secondary N) is 2. The first-order chi connectivity index (χ1) is 8.22. The molecular weight excluding hydrogens is 220 g/mol. The minimum Gasteiger partial charge on any atom is -0.489 e. The van der Waals surface area contributed by atoms with Gasteiger partial charge in [-0.1, -0.05) is 12.8 Å². The van der Waals surface area contributed by atoms with Crippen LogP contribution in [0.5, 0.6) is 5.75 Å². The number of hydrogen-bond donors (Lipinski definition) is 3. The Morgan fingerprint density at radius 1 is 1.53 bits per heavy atom. The third-order valence-corrected chi connectivity index (χ3v) is 3.16. The lowest BCUT2D eigenvalue weighted by Crippen LogP contribution is -2.43. The van der Waals surface area contributed by atoms with E-state index in [1.165, 1.54) is 19.9 Å². The second-order valence-corrected chi connectivity index (χ2v) is 4.31. The van der Waals surface area contributed by atoms with Crippen LogP contribution >= 0.6 is 0 Å². The van der Waals surface area contributed by atoms with E-state index in [1.54, 1.807) is 0 Å². The maximum atomic E-state index is 11.5. The maximum Gasteiger partial charge on any atom is 0.295 e. The van der Waals surface area contributed by atoms with Gasteiger partial charge in [0.05, 0.1) is 13.4 Å². The first-order valence-electron chi connectivity index (χ1n) is 5.86. The van der Waals surface area contributed by atoms with Gasteiger partial charge in [-0.25, -0.2) is 4.98 Å². The lowest BCUT2D eigenvalue weighted by atomic mass is 9.91. The van der Waals surface area contributed by atoms with Gasteiger partial charge in [0.1, 0.15) is 0 Å². The second-order valence-electron chi connectivity index (χ2n) is 4.31. The molecule has 1 aliphatic carbocycles. The lowest BCUT2D eigenvalue weighted by molar-refractivity contribution is 0.391. The number of nitrogens with two attached hydrogens (primary N) is 1. The zero-order chi connectivity index (χ0) is 12.3. The van der Waals surface area contributed by atoms with E-state index in [1.807, 2.05) is 0 Å². The Bertz CT molecular complexity index is 432. The van der Waals surface area contributed by atoms with Crippen molar-refractivity contribution in [2.75, 3.05) is 12.4 Å². The Hall–Kier alpha value is -1.56. The molecule has 1 fully saturated rings. The molecule has 2 rings (SSSR count). The molecule has 0 amide bonds. The van der Waals surface area contributed by atoms with Gasteiger partial charge in [-0.3, -0.25) is 4.79 Å². The van der Waals surface area contributed by atoms with Gasteiger partial charge in [-0.05, 0) is 12.8 Å². The molecule has 1 aliphatic rings. The molecule has 0 unspecified atom stereocenters. The number of rotatable bonds is 3. The van der Waals surface area contributed by atoms with Gasteiger partial charge < -0.3 is 20.8 Å². The smallest absolute Gasteiger partial charge is 0.295 e. The van der Waals surface area contributed by atoms with Crippen molar-refractivity contribution in [2.45, 2.75) is 37.8 Å². The van der Waals surface area contributed by atoms with Crippen LogP contribution in [0.2, 0.25) is 0 Å². The fourth-order valence-electron chi connectivity index (χ4n) is 2.19. The lowest BCUT2D eigenvalue weighted by Gasteiger charge is -2.29. The summed E-state index contributed by atoms with van der Waals surface area (Å²) in [4.78, 5) is 18.1. The molecular formula is C11H18N4O2. The van der Waals surface area contributed by atoms with Crippen LogP contribution in [0.4, 0.5) is 5.82 Å². The minimum absolute atomic E-state index is 0.106. The summed E-state index contributed by atoms with van der Waals surface area (Å²) in [5, 5.41) is 3.21. The SMILES string of the molecule is COc1c(N[C@@H]2CCCC[C@H]2N)nc[nH]c1=O. The Morgan fingerprint density at radius 2 is 2.29 bits per heavy atom. The first kappa shape index (κ1) is 11.9. The number of anilines is 1. The Morgan fingerprint density at radius 3 is 3.00 bits per heavy atom. The minimum atomic E-state index is -0.283. The molecule has 4 N–H and O–H groups in total. The zero-order valence-electron chi connectivity index (χ0n) is 9.90. The zero-order valence-corrected chi connectivity index (χ0v) is 9.90. The molecule has 1 saturated carbocycles. The number of ether oxygens (including phenoxy) is 1. The van der Waals surface area contributed by atoms with Gasteiger partial charge >= 0.3 is 0 Å². The Kier molecular flexibility index (Phi) is 3.63. The Labute approximate surface area is 99.6 Å². The fourth-order valence-corrected chi connectivity index (χ4v) is 2.19. The highest BCUT2D eigenvalue weighted by Crippen LogP contribution is 2.23. The molecule has 0 spiro atoms. The van der Waals surface area contributed by atoms with Gasteiger partial charge in [-0.2, -0.15) is 0 Å². The van der Waals surface area contributed by atoms with Crippen LogP contribution in [0, 0.1) is 0 Å². The van der Waals surface area contributed by atoms with Crippen LogP contribution in [0.25, 0.3) is 0 Å². The van der Waals surface area contributed by atoms with Crippen LogP contribution < -0.4 is 21.3 Å². The maximum absolute atomic E-state index is 11.5. The summed E-state index contributed by atoms with van der Waals surface area (Å²) in [5.41, 5.74) is 5.76. The number of H-pyrrole nitrogens is 1. The first-order valence-corrected chi connectivity index (χ1v) is 5.86. The quantitative estimate of drug-likeness (QED) is 0.711. The van der Waals surface area contributed by atoms with E-state index in [4.69, 9.17) is 10.5 Å². The average molecular weight is 238 g/mol. The molecule has 6 heteroatoms. The van der Waals surface area contributed by atoms with E-state index < -0.39 is 0 Å². The van der Waals surface area contributed by atoms with E-state index in [0.717, 1.165) is 19.3 Å². The average Bonchev–Trinajstić information content (AvgIpc) is 2.32. The molecule has 0 saturated heterocycles. The number of nitrogens with zero attached hydrogens (tertiary/aromatic N) is 1. The van der Waals surface area contributed by atoms with E-state index >= 15 is 0 Å². The van der Waals surface area contributed by atoms with Crippen LogP contribution in [0.3, 0.4) is 0 Å². The van der Waals surface area contributed by atoms with Gasteiger partial charge in [0.2, 0.25) is 5.75 Å². The summed E-state index contributed by atoms with van der Waals surface area (Å²) in [6.07, 6.45) is 5.68. The fraction of sp³-hybridized carbons (Fsp3) is 0.636. The summed E-state index contributed by atoms with van der Waals surface area (Å²) in [6, 6.07) is 0.265. The highest BCUT2D eigenvalue weighted by atomic mass is 16.5. The normalized spacial score (nSPS) is 24.4. The molecule has 0 bridgehead atoms. The van der Waals surface area contributed by atoms with Crippen molar-refractivity contribution in [3.8, 4) is 5.75 Å². The van der Waals surface area contributed by atoms with Crippen LogP contribution in [0.15, 0.2) is 11.1 Å². The third kappa shape index (κ3) is 2.58. The van der Waals surface area contributed by atoms with E-state index in [9.17, 15) is 4.79 Å². The van der Waals surface area contributed by atoms with Crippen LogP contribution in [0.1, 0.15) is 25.7 Å². The van der Waals surface area contributed by atoms with E-state index in [2.05, 4.69) is 15.3 Å². The van der Waals surface area contributed by atoms with Crippen molar-refractivity contribution in [1.29, 1.82) is 0 Å². The van der Waals surface area contributed by atoms with Crippen molar-refractivity contribution in [3.63, 3.8) is 0 Å². The van der Waals surface area contributed by atoms with Gasteiger partial charge in [0.25, 0.3) is 5.56 Å². The standard InChI is InChI=1S/C11H18N4O2/c1-17-9-10(13-6-14-11(9)16)15-8-5-3-2-4-7(8)12/h6-8H,2-5,12H2,1H3,(H2,13,14,15,16)/t7-,8-/m1/s1. The molecule has 94 valence electrons. The van der Waals surface area contributed by atoms with Gasteiger partial charge in [0, 0.05) is 12.1 Å². The second kappa shape index (κ2) is 5.18. The molecule has 0 radical (unpaired) electrons. The van der Waals surface area contributed by atoms with Gasteiger partial charge in [0.15, 0.2) is 5.82 Å². The molecule has 2 atom stereocenters. The molecule has 17 heavy (non-hydrogen) atoms. The topological polar surface area (TPSA) is 93.0 Å². The number of aromatic nitrogens is 2. The third-order valence-electron chi connectivity index (χ3n) is 3.16. The van der Waals surface area contributed by atoms with Crippen molar-refractivity contribution in [1.82, 2.24) is 9.97 Å². The highest BCUT2D eigenvalue weighted by molar-refractivity contribution is 5.48. The van der Waals surface area contributed by atoms with E-state index in [0.29, 0.717) is 5.82 Å². The van der Waals surface area contributed by atoms with Crippen molar-refractivity contribution in [3.05, 3.63) is 16.7 Å². The van der Waals surface area contributed by atoms with Crippen molar-refractivity contribution >= 4 is 5.82 Å². The summed E-state index contributed by atoms with van der Waals surface area (Å²) in [7, 11) is 1.46. The molecule has 0 aromatic carbocycles. The predicted molar refractivity (Wildman–Crippen MR) is 65.3 cm³/mol. The molecule has 6 nitrogen and oxygen atoms in total. The number of methoxy groups -OCH3 is 1. The predicted octanol–water partition coefficient (Wildman–Crippen LogP) is 0.460. The summed E-state index contributed by atoms with van der Waals surface area (Å²) in [6.45, 7) is 0. The summed E-state index contributed by atoms with van der Waals surface area (Å²) >= 11 is 0. The molecule has 1 aromatic rings. The molecule has 1 aromatic heterocycles. The van der Waals surface area contributed by atoms with Crippen LogP contribution in [-0.2, 0) is 0 Å². The van der Waals surface area contributed by atoms with Gasteiger partial charge in [-0.15, -0.1) is 0 Å². The number of aromatic amines is 1. The van der Waals surface area contributed by atoms with Crippen LogP contribution in [-0.4, -0.2) is 29.2 Å². The van der Waals surface area contributed by atoms with Crippen molar-refractivity contribution < 1.29 is 4.74 Å². The Balaban J connectivity index is 2.17. The van der Waals surface area contributed by atoms with Crippen molar-refractivity contribution in [2.24, 2.45) is 5.73 Å². The highest BCUT2D eigenvalue weighted by Gasteiger charge is 2.23. The summed E-state index contributed by atoms with van der Waals surface area (Å²) in [5.74, 6) is 0.684. The largest absolute Gasteiger partial charge is 0.489 e. The van der Waals surface area contributed by atoms with E-state index in [-0.39, 0.29) is 23.4 Å². The number of hydrogen-bond acceptors (Lipinski definition) is 5. The molecule has 0 aliphatic heterocycles.